The summed E-state index contributed by atoms with van der Waals surface area (Å²) >= 11 is 7.56. The molecular formula is C13H15ClN4S. The van der Waals surface area contributed by atoms with Gasteiger partial charge in [0.25, 0.3) is 0 Å². The van der Waals surface area contributed by atoms with Crippen LogP contribution in [0, 0.1) is 6.92 Å². The molecule has 4 nitrogen and oxygen atoms in total. The van der Waals surface area contributed by atoms with Crippen LogP contribution < -0.4 is 5.32 Å². The van der Waals surface area contributed by atoms with Gasteiger partial charge in [0.05, 0.1) is 5.02 Å². The zero-order valence-electron chi connectivity index (χ0n) is 10.9. The van der Waals surface area contributed by atoms with Gasteiger partial charge in [0, 0.05) is 24.5 Å². The molecule has 2 heterocycles. The maximum absolute atomic E-state index is 6.11. The summed E-state index contributed by atoms with van der Waals surface area (Å²) in [6, 6.07) is 3.64. The molecule has 6 heteroatoms. The normalized spacial score (nSPS) is 10.5. The van der Waals surface area contributed by atoms with E-state index in [9.17, 15) is 0 Å². The molecule has 0 amide bonds. The minimum Gasteiger partial charge on any atom is -0.354 e. The molecule has 0 aliphatic carbocycles. The van der Waals surface area contributed by atoms with Gasteiger partial charge in [-0.15, -0.1) is 0 Å². The number of aromatic nitrogens is 3. The molecule has 100 valence electrons. The molecule has 0 spiro atoms. The topological polar surface area (TPSA) is 50.7 Å². The third kappa shape index (κ3) is 3.81. The van der Waals surface area contributed by atoms with E-state index in [2.05, 4.69) is 27.2 Å². The molecule has 0 aliphatic rings. The van der Waals surface area contributed by atoms with Crippen molar-refractivity contribution in [3.05, 3.63) is 35.1 Å². The van der Waals surface area contributed by atoms with Crippen molar-refractivity contribution in [3.8, 4) is 0 Å². The average Bonchev–Trinajstić information content (AvgIpc) is 2.42. The lowest BCUT2D eigenvalue weighted by atomic mass is 10.4. The number of rotatable bonds is 5. The van der Waals surface area contributed by atoms with E-state index in [1.807, 2.05) is 25.3 Å². The Morgan fingerprint density at radius 2 is 2.16 bits per heavy atom. The Balaban J connectivity index is 2.21. The summed E-state index contributed by atoms with van der Waals surface area (Å²) in [5.74, 6) is 0.641. The molecule has 19 heavy (non-hydrogen) atoms. The Bertz CT molecular complexity index is 562. The van der Waals surface area contributed by atoms with E-state index in [1.165, 1.54) is 11.8 Å². The van der Waals surface area contributed by atoms with Crippen LogP contribution in [0.3, 0.4) is 0 Å². The van der Waals surface area contributed by atoms with Crippen molar-refractivity contribution >= 4 is 29.3 Å². The minimum absolute atomic E-state index is 0.633. The maximum atomic E-state index is 6.11. The number of halogens is 1. The second-order valence-electron chi connectivity index (χ2n) is 4.00. The SMILES string of the molecule is CCCNc1ncc(C)c(Sc2ncccc2Cl)n1. The number of nitrogens with one attached hydrogen (secondary N) is 1. The first-order valence-electron chi connectivity index (χ1n) is 6.06. The lowest BCUT2D eigenvalue weighted by Gasteiger charge is -2.08. The van der Waals surface area contributed by atoms with Crippen LogP contribution in [0.2, 0.25) is 5.02 Å². The van der Waals surface area contributed by atoms with E-state index in [1.54, 1.807) is 6.20 Å². The van der Waals surface area contributed by atoms with Gasteiger partial charge in [-0.25, -0.2) is 15.0 Å². The summed E-state index contributed by atoms with van der Waals surface area (Å²) in [4.78, 5) is 13.0. The van der Waals surface area contributed by atoms with E-state index < -0.39 is 0 Å². The van der Waals surface area contributed by atoms with Gasteiger partial charge in [-0.2, -0.15) is 0 Å². The van der Waals surface area contributed by atoms with Crippen molar-refractivity contribution in [2.24, 2.45) is 0 Å². The van der Waals surface area contributed by atoms with Crippen molar-refractivity contribution in [1.29, 1.82) is 0 Å². The summed E-state index contributed by atoms with van der Waals surface area (Å²) in [5.41, 5.74) is 1.01. The van der Waals surface area contributed by atoms with Crippen molar-refractivity contribution in [3.63, 3.8) is 0 Å². The molecule has 2 aromatic heterocycles. The van der Waals surface area contributed by atoms with Crippen molar-refractivity contribution in [1.82, 2.24) is 15.0 Å². The van der Waals surface area contributed by atoms with Crippen LogP contribution in [0.15, 0.2) is 34.6 Å². The van der Waals surface area contributed by atoms with Gasteiger partial charge in [0.1, 0.15) is 10.1 Å². The Kier molecular flexibility index (Phi) is 4.99. The molecule has 0 atom stereocenters. The van der Waals surface area contributed by atoms with Gasteiger partial charge < -0.3 is 5.32 Å². The van der Waals surface area contributed by atoms with Crippen molar-refractivity contribution in [2.75, 3.05) is 11.9 Å². The molecule has 0 radical (unpaired) electrons. The van der Waals surface area contributed by atoms with E-state index in [0.717, 1.165) is 28.6 Å². The second-order valence-corrected chi connectivity index (χ2v) is 5.39. The summed E-state index contributed by atoms with van der Waals surface area (Å²) < 4.78 is 0. The fraction of sp³-hybridized carbons (Fsp3) is 0.308. The highest BCUT2D eigenvalue weighted by molar-refractivity contribution is 7.99. The second kappa shape index (κ2) is 6.73. The summed E-state index contributed by atoms with van der Waals surface area (Å²) in [6.07, 6.45) is 4.57. The molecular weight excluding hydrogens is 280 g/mol. The van der Waals surface area contributed by atoms with Crippen molar-refractivity contribution < 1.29 is 0 Å². The number of nitrogens with zero attached hydrogens (tertiary/aromatic N) is 3. The molecule has 0 saturated carbocycles. The quantitative estimate of drug-likeness (QED) is 0.850. The molecule has 0 aromatic carbocycles. The first-order chi connectivity index (χ1) is 9.20. The third-order valence-electron chi connectivity index (χ3n) is 2.38. The molecule has 1 N–H and O–H groups in total. The third-order valence-corrected chi connectivity index (χ3v) is 3.92. The molecule has 0 fully saturated rings. The molecule has 2 aromatic rings. The van der Waals surface area contributed by atoms with Crippen LogP contribution >= 0.6 is 23.4 Å². The van der Waals surface area contributed by atoms with Gasteiger partial charge in [-0.05, 0) is 37.2 Å². The molecule has 0 bridgehead atoms. The van der Waals surface area contributed by atoms with Crippen LogP contribution in [0.4, 0.5) is 5.95 Å². The van der Waals surface area contributed by atoms with Crippen LogP contribution in [-0.4, -0.2) is 21.5 Å². The van der Waals surface area contributed by atoms with E-state index in [0.29, 0.717) is 11.0 Å². The Morgan fingerprint density at radius 3 is 2.89 bits per heavy atom. The van der Waals surface area contributed by atoms with Crippen LogP contribution in [-0.2, 0) is 0 Å². The van der Waals surface area contributed by atoms with E-state index >= 15 is 0 Å². The fourth-order valence-corrected chi connectivity index (χ4v) is 2.43. The Labute approximate surface area is 122 Å². The van der Waals surface area contributed by atoms with E-state index in [4.69, 9.17) is 11.6 Å². The number of anilines is 1. The Morgan fingerprint density at radius 1 is 1.32 bits per heavy atom. The zero-order chi connectivity index (χ0) is 13.7. The number of hydrogen-bond acceptors (Lipinski definition) is 5. The first kappa shape index (κ1) is 14.1. The lowest BCUT2D eigenvalue weighted by molar-refractivity contribution is 0.924. The Hall–Kier alpha value is -1.33. The highest BCUT2D eigenvalue weighted by Crippen LogP contribution is 2.31. The molecule has 2 rings (SSSR count). The molecule has 0 unspecified atom stereocenters. The average molecular weight is 295 g/mol. The predicted molar refractivity (Wildman–Crippen MR) is 78.9 cm³/mol. The first-order valence-corrected chi connectivity index (χ1v) is 7.26. The molecule has 0 aliphatic heterocycles. The lowest BCUT2D eigenvalue weighted by Crippen LogP contribution is -2.05. The van der Waals surface area contributed by atoms with Gasteiger partial charge in [0.15, 0.2) is 0 Å². The number of aryl methyl sites for hydroxylation is 1. The molecule has 0 saturated heterocycles. The monoisotopic (exact) mass is 294 g/mol. The van der Waals surface area contributed by atoms with Crippen LogP contribution in [0.25, 0.3) is 0 Å². The van der Waals surface area contributed by atoms with Gasteiger partial charge >= 0.3 is 0 Å². The van der Waals surface area contributed by atoms with Gasteiger partial charge in [0.2, 0.25) is 5.95 Å². The van der Waals surface area contributed by atoms with Crippen LogP contribution in [0.1, 0.15) is 18.9 Å². The smallest absolute Gasteiger partial charge is 0.223 e. The minimum atomic E-state index is 0.633. The number of pyridine rings is 1. The largest absolute Gasteiger partial charge is 0.354 e. The highest BCUT2D eigenvalue weighted by atomic mass is 35.5. The van der Waals surface area contributed by atoms with E-state index in [-0.39, 0.29) is 0 Å². The summed E-state index contributed by atoms with van der Waals surface area (Å²) in [5, 5.41) is 5.43. The highest BCUT2D eigenvalue weighted by Gasteiger charge is 2.09. The maximum Gasteiger partial charge on any atom is 0.223 e. The van der Waals surface area contributed by atoms with Crippen molar-refractivity contribution in [2.45, 2.75) is 30.3 Å². The zero-order valence-corrected chi connectivity index (χ0v) is 12.4. The summed E-state index contributed by atoms with van der Waals surface area (Å²) in [7, 11) is 0. The number of hydrogen-bond donors (Lipinski definition) is 1. The fourth-order valence-electron chi connectivity index (χ4n) is 1.39. The van der Waals surface area contributed by atoms with Crippen LogP contribution in [0.5, 0.6) is 0 Å². The van der Waals surface area contributed by atoms with Gasteiger partial charge in [-0.1, -0.05) is 18.5 Å². The predicted octanol–water partition coefficient (Wildman–Crippen LogP) is 3.81. The standard InChI is InChI=1S/C13H15ClN4S/c1-3-6-16-13-17-8-9(2)11(18-13)19-12-10(14)5-4-7-15-12/h4-5,7-8H,3,6H2,1-2H3,(H,16,17,18). The van der Waals surface area contributed by atoms with Gasteiger partial charge in [-0.3, -0.25) is 0 Å². The summed E-state index contributed by atoms with van der Waals surface area (Å²) in [6.45, 7) is 4.94.